The lowest BCUT2D eigenvalue weighted by Crippen LogP contribution is -2.25. The van der Waals surface area contributed by atoms with E-state index in [1.54, 1.807) is 0 Å². The van der Waals surface area contributed by atoms with E-state index in [0.29, 0.717) is 12.2 Å². The molecule has 1 unspecified atom stereocenters. The summed E-state index contributed by atoms with van der Waals surface area (Å²) in [5, 5.41) is 7.40. The highest BCUT2D eigenvalue weighted by Gasteiger charge is 2.09. The fourth-order valence-electron chi connectivity index (χ4n) is 0.856. The lowest BCUT2D eigenvalue weighted by Gasteiger charge is -2.06. The molecular weight excluding hydrogens is 156 g/mol. The van der Waals surface area contributed by atoms with Crippen LogP contribution in [0.5, 0.6) is 0 Å². The third kappa shape index (κ3) is 1.65. The van der Waals surface area contributed by atoms with Crippen LogP contribution in [0.2, 0.25) is 0 Å². The highest BCUT2D eigenvalue weighted by Crippen LogP contribution is 2.01. The van der Waals surface area contributed by atoms with Gasteiger partial charge >= 0.3 is 0 Å². The number of nitrogen functional groups attached to an aromatic ring is 2. The summed E-state index contributed by atoms with van der Waals surface area (Å²) in [5.41, 5.74) is 11.1. The smallest absolute Gasteiger partial charge is 0.240 e. The van der Waals surface area contributed by atoms with Gasteiger partial charge in [0, 0.05) is 12.5 Å². The van der Waals surface area contributed by atoms with E-state index in [1.807, 2.05) is 6.92 Å². The minimum Gasteiger partial charge on any atom is -0.366 e. The highest BCUT2D eigenvalue weighted by atomic mass is 15.4. The lowest BCUT2D eigenvalue weighted by molar-refractivity contribution is 0.614. The minimum absolute atomic E-state index is 0.0656. The fraction of sp³-hybridized carbons (Fsp3) is 0.667. The molecule has 1 heterocycles. The van der Waals surface area contributed by atoms with Crippen LogP contribution in [0.1, 0.15) is 19.2 Å². The van der Waals surface area contributed by atoms with Gasteiger partial charge in [0.05, 0.1) is 0 Å². The van der Waals surface area contributed by atoms with Crippen LogP contribution in [0.4, 0.5) is 5.95 Å². The normalized spacial score (nSPS) is 13.2. The third-order valence-electron chi connectivity index (χ3n) is 1.76. The molecule has 1 aromatic rings. The molecule has 0 saturated heterocycles. The third-order valence-corrected chi connectivity index (χ3v) is 1.76. The first-order chi connectivity index (χ1) is 5.65. The summed E-state index contributed by atoms with van der Waals surface area (Å²) in [6.45, 7) is 2.01. The molecule has 0 spiro atoms. The molecule has 12 heavy (non-hydrogen) atoms. The summed E-state index contributed by atoms with van der Waals surface area (Å²) < 4.78 is 1.26. The molecule has 1 aromatic heterocycles. The van der Waals surface area contributed by atoms with E-state index in [2.05, 4.69) is 10.2 Å². The second-order valence-corrected chi connectivity index (χ2v) is 2.72. The molecule has 0 amide bonds. The standard InChI is InChI=1S/C6H14N6/c1-2-4(7)3-5-10-11-6(8)12(5)9/h4H,2-3,7,9H2,1H3,(H2,8,11). The zero-order valence-corrected chi connectivity index (χ0v) is 7.07. The molecule has 68 valence electrons. The molecule has 0 aliphatic rings. The van der Waals surface area contributed by atoms with Gasteiger partial charge in [-0.2, -0.15) is 0 Å². The molecule has 0 saturated carbocycles. The Morgan fingerprint density at radius 1 is 1.50 bits per heavy atom. The van der Waals surface area contributed by atoms with Gasteiger partial charge in [0.25, 0.3) is 0 Å². The number of rotatable bonds is 3. The van der Waals surface area contributed by atoms with Gasteiger partial charge in [-0.15, -0.1) is 10.2 Å². The predicted octanol–water partition coefficient (Wildman–Crippen LogP) is -1.15. The maximum atomic E-state index is 5.71. The van der Waals surface area contributed by atoms with Gasteiger partial charge in [-0.25, -0.2) is 4.68 Å². The van der Waals surface area contributed by atoms with Crippen LogP contribution in [0.15, 0.2) is 0 Å². The van der Waals surface area contributed by atoms with Crippen molar-refractivity contribution >= 4 is 5.95 Å². The zero-order valence-electron chi connectivity index (χ0n) is 7.07. The summed E-state index contributed by atoms with van der Waals surface area (Å²) in [4.78, 5) is 0. The highest BCUT2D eigenvalue weighted by molar-refractivity contribution is 5.17. The Labute approximate surface area is 70.7 Å². The first-order valence-electron chi connectivity index (χ1n) is 3.85. The summed E-state index contributed by atoms with van der Waals surface area (Å²) >= 11 is 0. The fourth-order valence-corrected chi connectivity index (χ4v) is 0.856. The lowest BCUT2D eigenvalue weighted by atomic mass is 10.2. The van der Waals surface area contributed by atoms with Gasteiger partial charge in [-0.3, -0.25) is 0 Å². The molecule has 0 aliphatic heterocycles. The Morgan fingerprint density at radius 3 is 2.58 bits per heavy atom. The van der Waals surface area contributed by atoms with Gasteiger partial charge in [0.15, 0.2) is 5.82 Å². The molecule has 6 nitrogen and oxygen atoms in total. The van der Waals surface area contributed by atoms with Gasteiger partial charge in [0.2, 0.25) is 5.95 Å². The van der Waals surface area contributed by atoms with E-state index in [-0.39, 0.29) is 12.0 Å². The van der Waals surface area contributed by atoms with Crippen molar-refractivity contribution in [2.24, 2.45) is 5.73 Å². The number of nitrogens with zero attached hydrogens (tertiary/aromatic N) is 3. The van der Waals surface area contributed by atoms with Gasteiger partial charge < -0.3 is 17.3 Å². The number of nitrogens with two attached hydrogens (primary N) is 3. The minimum atomic E-state index is 0.0656. The molecule has 1 rings (SSSR count). The van der Waals surface area contributed by atoms with Crippen molar-refractivity contribution in [1.29, 1.82) is 0 Å². The molecule has 0 radical (unpaired) electrons. The van der Waals surface area contributed by atoms with Crippen LogP contribution >= 0.6 is 0 Å². The van der Waals surface area contributed by atoms with E-state index in [1.165, 1.54) is 4.68 Å². The van der Waals surface area contributed by atoms with Crippen LogP contribution in [0.25, 0.3) is 0 Å². The second kappa shape index (κ2) is 3.40. The number of hydrogen-bond donors (Lipinski definition) is 3. The Hall–Kier alpha value is -1.30. The molecule has 0 aromatic carbocycles. The summed E-state index contributed by atoms with van der Waals surface area (Å²) in [6, 6.07) is 0.0656. The first-order valence-corrected chi connectivity index (χ1v) is 3.85. The molecule has 0 fully saturated rings. The predicted molar refractivity (Wildman–Crippen MR) is 46.6 cm³/mol. The zero-order chi connectivity index (χ0) is 9.14. The topological polar surface area (TPSA) is 109 Å². The Bertz CT molecular complexity index is 255. The Kier molecular flexibility index (Phi) is 2.49. The summed E-state index contributed by atoms with van der Waals surface area (Å²) in [5.74, 6) is 6.36. The van der Waals surface area contributed by atoms with Crippen LogP contribution in [0.3, 0.4) is 0 Å². The Morgan fingerprint density at radius 2 is 2.17 bits per heavy atom. The maximum absolute atomic E-state index is 5.71. The van der Waals surface area contributed by atoms with E-state index in [0.717, 1.165) is 6.42 Å². The molecule has 6 N–H and O–H groups in total. The van der Waals surface area contributed by atoms with Crippen LogP contribution in [-0.4, -0.2) is 20.9 Å². The SMILES string of the molecule is CCC(N)Cc1nnc(N)n1N. The molecular formula is C6H14N6. The quantitative estimate of drug-likeness (QED) is 0.496. The van der Waals surface area contributed by atoms with E-state index in [9.17, 15) is 0 Å². The average molecular weight is 170 g/mol. The number of aromatic nitrogens is 3. The number of hydrogen-bond acceptors (Lipinski definition) is 5. The largest absolute Gasteiger partial charge is 0.366 e. The van der Waals surface area contributed by atoms with Crippen molar-refractivity contribution in [3.8, 4) is 0 Å². The van der Waals surface area contributed by atoms with E-state index >= 15 is 0 Å². The van der Waals surface area contributed by atoms with E-state index < -0.39 is 0 Å². The van der Waals surface area contributed by atoms with E-state index in [4.69, 9.17) is 17.3 Å². The van der Waals surface area contributed by atoms with Crippen molar-refractivity contribution in [3.05, 3.63) is 5.82 Å². The molecule has 0 bridgehead atoms. The molecule has 0 aliphatic carbocycles. The van der Waals surface area contributed by atoms with Crippen LogP contribution in [-0.2, 0) is 6.42 Å². The number of anilines is 1. The second-order valence-electron chi connectivity index (χ2n) is 2.72. The van der Waals surface area contributed by atoms with Crippen LogP contribution < -0.4 is 17.3 Å². The van der Waals surface area contributed by atoms with Gasteiger partial charge in [-0.1, -0.05) is 6.92 Å². The summed E-state index contributed by atoms with van der Waals surface area (Å²) in [6.07, 6.45) is 1.49. The molecule has 1 atom stereocenters. The first kappa shape index (κ1) is 8.79. The monoisotopic (exact) mass is 170 g/mol. The van der Waals surface area contributed by atoms with Crippen molar-refractivity contribution < 1.29 is 0 Å². The molecule has 6 heteroatoms. The van der Waals surface area contributed by atoms with Crippen molar-refractivity contribution in [3.63, 3.8) is 0 Å². The average Bonchev–Trinajstić information content (AvgIpc) is 2.36. The van der Waals surface area contributed by atoms with Crippen molar-refractivity contribution in [2.45, 2.75) is 25.8 Å². The van der Waals surface area contributed by atoms with Crippen LogP contribution in [0, 0.1) is 0 Å². The summed E-state index contributed by atoms with van der Waals surface area (Å²) in [7, 11) is 0. The maximum Gasteiger partial charge on any atom is 0.240 e. The van der Waals surface area contributed by atoms with Crippen molar-refractivity contribution in [2.75, 3.05) is 11.6 Å². The van der Waals surface area contributed by atoms with Gasteiger partial charge in [0.1, 0.15) is 0 Å². The van der Waals surface area contributed by atoms with Crippen molar-refractivity contribution in [1.82, 2.24) is 14.9 Å². The van der Waals surface area contributed by atoms with Gasteiger partial charge in [-0.05, 0) is 6.42 Å². The Balaban J connectivity index is 2.69.